The number of nitrogens with zero attached hydrogens (tertiary/aromatic N) is 1. The summed E-state index contributed by atoms with van der Waals surface area (Å²) in [6, 6.07) is 0.0267. The molecule has 0 bridgehead atoms. The van der Waals surface area contributed by atoms with Crippen LogP contribution in [-0.2, 0) is 0 Å². The standard InChI is InChI=1S/C17H30F3N3O.HI/c1-16(10-4-3-5-14(16)24)11-22-15(21-2)23-13-8-6-12(7-9-13)17(18,19)20;/h12-14,24H,3-11H2,1-2H3,(H2,21,22,23);1H. The predicted molar refractivity (Wildman–Crippen MR) is 104 cm³/mol. The van der Waals surface area contributed by atoms with Crippen molar-refractivity contribution >= 4 is 29.9 Å². The van der Waals surface area contributed by atoms with Gasteiger partial charge < -0.3 is 15.7 Å². The van der Waals surface area contributed by atoms with Crippen LogP contribution in [0.1, 0.15) is 58.3 Å². The maximum Gasteiger partial charge on any atom is 0.391 e. The van der Waals surface area contributed by atoms with Crippen molar-refractivity contribution in [2.75, 3.05) is 13.6 Å². The first-order valence-corrected chi connectivity index (χ1v) is 8.96. The van der Waals surface area contributed by atoms with Gasteiger partial charge in [0.1, 0.15) is 0 Å². The maximum atomic E-state index is 12.7. The average Bonchev–Trinajstić information content (AvgIpc) is 2.54. The Bertz CT molecular complexity index is 439. The van der Waals surface area contributed by atoms with Crippen molar-refractivity contribution in [2.45, 2.75) is 76.6 Å². The third kappa shape index (κ3) is 6.45. The summed E-state index contributed by atoms with van der Waals surface area (Å²) >= 11 is 0. The van der Waals surface area contributed by atoms with E-state index < -0.39 is 12.1 Å². The topological polar surface area (TPSA) is 56.7 Å². The fourth-order valence-electron chi connectivity index (χ4n) is 3.83. The van der Waals surface area contributed by atoms with Gasteiger partial charge in [0.05, 0.1) is 12.0 Å². The molecule has 0 aromatic carbocycles. The summed E-state index contributed by atoms with van der Waals surface area (Å²) in [7, 11) is 1.66. The second-order valence-electron chi connectivity index (χ2n) is 7.58. The fourth-order valence-corrected chi connectivity index (χ4v) is 3.83. The van der Waals surface area contributed by atoms with Crippen LogP contribution < -0.4 is 10.6 Å². The van der Waals surface area contributed by atoms with Crippen molar-refractivity contribution in [1.82, 2.24) is 10.6 Å². The number of guanidine groups is 1. The molecule has 2 fully saturated rings. The lowest BCUT2D eigenvalue weighted by Gasteiger charge is -2.39. The number of aliphatic hydroxyl groups excluding tert-OH is 1. The Hall–Kier alpha value is -0.250. The van der Waals surface area contributed by atoms with E-state index in [0.717, 1.165) is 25.7 Å². The van der Waals surface area contributed by atoms with Gasteiger partial charge in [-0.25, -0.2) is 0 Å². The Kier molecular flexibility index (Phi) is 8.77. The summed E-state index contributed by atoms with van der Waals surface area (Å²) in [4.78, 5) is 4.18. The van der Waals surface area contributed by atoms with Gasteiger partial charge in [-0.2, -0.15) is 13.2 Å². The Labute approximate surface area is 165 Å². The number of hydrogen-bond donors (Lipinski definition) is 3. The molecule has 0 amide bonds. The van der Waals surface area contributed by atoms with Crippen molar-refractivity contribution in [1.29, 1.82) is 0 Å². The quantitative estimate of drug-likeness (QED) is 0.329. The Morgan fingerprint density at radius 2 is 1.80 bits per heavy atom. The summed E-state index contributed by atoms with van der Waals surface area (Å²) in [5.74, 6) is -0.550. The molecule has 2 aliphatic rings. The Morgan fingerprint density at radius 1 is 1.16 bits per heavy atom. The summed E-state index contributed by atoms with van der Waals surface area (Å²) in [5.41, 5.74) is -0.177. The number of alkyl halides is 3. The highest BCUT2D eigenvalue weighted by Gasteiger charge is 2.41. The molecule has 0 aromatic heterocycles. The summed E-state index contributed by atoms with van der Waals surface area (Å²) in [6.07, 6.45) is 0.934. The van der Waals surface area contributed by atoms with Crippen molar-refractivity contribution in [3.63, 3.8) is 0 Å². The first-order chi connectivity index (χ1) is 11.2. The molecule has 2 rings (SSSR count). The monoisotopic (exact) mass is 477 g/mol. The number of aliphatic imine (C=N–C) groups is 1. The van der Waals surface area contributed by atoms with E-state index >= 15 is 0 Å². The molecule has 8 heteroatoms. The Balaban J connectivity index is 0.00000312. The molecule has 3 N–H and O–H groups in total. The van der Waals surface area contributed by atoms with E-state index in [2.05, 4.69) is 22.5 Å². The minimum atomic E-state index is -4.07. The van der Waals surface area contributed by atoms with Crippen LogP contribution in [0.3, 0.4) is 0 Å². The minimum absolute atomic E-state index is 0. The normalized spacial score (nSPS) is 34.2. The van der Waals surface area contributed by atoms with Crippen LogP contribution in [0.2, 0.25) is 0 Å². The largest absolute Gasteiger partial charge is 0.392 e. The lowest BCUT2D eigenvalue weighted by atomic mass is 9.73. The third-order valence-corrected chi connectivity index (χ3v) is 5.69. The van der Waals surface area contributed by atoms with Gasteiger partial charge in [0, 0.05) is 25.0 Å². The van der Waals surface area contributed by atoms with Crippen LogP contribution >= 0.6 is 24.0 Å². The highest BCUT2D eigenvalue weighted by atomic mass is 127. The zero-order valence-corrected chi connectivity index (χ0v) is 17.4. The van der Waals surface area contributed by atoms with E-state index in [1.807, 2.05) is 0 Å². The molecule has 0 aliphatic heterocycles. The van der Waals surface area contributed by atoms with E-state index in [9.17, 15) is 18.3 Å². The van der Waals surface area contributed by atoms with Crippen LogP contribution in [0.15, 0.2) is 4.99 Å². The van der Waals surface area contributed by atoms with Crippen LogP contribution in [0, 0.1) is 11.3 Å². The molecule has 2 saturated carbocycles. The number of rotatable bonds is 3. The molecule has 25 heavy (non-hydrogen) atoms. The molecule has 4 nitrogen and oxygen atoms in total. The van der Waals surface area contributed by atoms with Gasteiger partial charge >= 0.3 is 6.18 Å². The second-order valence-corrected chi connectivity index (χ2v) is 7.58. The third-order valence-electron chi connectivity index (χ3n) is 5.69. The second kappa shape index (κ2) is 9.62. The number of nitrogens with one attached hydrogen (secondary N) is 2. The molecule has 0 saturated heterocycles. The van der Waals surface area contributed by atoms with E-state index in [4.69, 9.17) is 0 Å². The van der Waals surface area contributed by atoms with Crippen molar-refractivity contribution < 1.29 is 18.3 Å². The van der Waals surface area contributed by atoms with Gasteiger partial charge in [0.2, 0.25) is 0 Å². The summed E-state index contributed by atoms with van der Waals surface area (Å²) in [5, 5.41) is 16.7. The number of aliphatic hydroxyl groups is 1. The van der Waals surface area contributed by atoms with Crippen molar-refractivity contribution in [2.24, 2.45) is 16.3 Å². The zero-order chi connectivity index (χ0) is 17.8. The minimum Gasteiger partial charge on any atom is -0.392 e. The lowest BCUT2D eigenvalue weighted by Crippen LogP contribution is -2.51. The van der Waals surface area contributed by atoms with Crippen molar-refractivity contribution in [3.8, 4) is 0 Å². The van der Waals surface area contributed by atoms with Gasteiger partial charge in [-0.15, -0.1) is 24.0 Å². The van der Waals surface area contributed by atoms with Crippen LogP contribution in [0.4, 0.5) is 13.2 Å². The SMILES string of the molecule is CN=C(NCC1(C)CCCCC1O)NC1CCC(C(F)(F)F)CC1.I. The molecular formula is C17H31F3IN3O. The maximum absolute atomic E-state index is 12.7. The first kappa shape index (κ1) is 22.8. The fraction of sp³-hybridized carbons (Fsp3) is 0.941. The first-order valence-electron chi connectivity index (χ1n) is 8.96. The highest BCUT2D eigenvalue weighted by Crippen LogP contribution is 2.37. The van der Waals surface area contributed by atoms with Gasteiger partial charge in [0.25, 0.3) is 0 Å². The lowest BCUT2D eigenvalue weighted by molar-refractivity contribution is -0.182. The molecule has 0 radical (unpaired) electrons. The van der Waals surface area contributed by atoms with Gasteiger partial charge in [-0.3, -0.25) is 4.99 Å². The highest BCUT2D eigenvalue weighted by molar-refractivity contribution is 14.0. The molecule has 0 aromatic rings. The zero-order valence-electron chi connectivity index (χ0n) is 15.0. The summed E-state index contributed by atoms with van der Waals surface area (Å²) < 4.78 is 38.2. The molecule has 2 aliphatic carbocycles. The Morgan fingerprint density at radius 3 is 2.32 bits per heavy atom. The predicted octanol–water partition coefficient (Wildman–Crippen LogP) is 3.83. The molecule has 0 spiro atoms. The molecule has 148 valence electrons. The molecule has 2 unspecified atom stereocenters. The molecule has 2 atom stereocenters. The van der Waals surface area contributed by atoms with E-state index in [1.54, 1.807) is 7.05 Å². The smallest absolute Gasteiger partial charge is 0.391 e. The van der Waals surface area contributed by atoms with E-state index in [1.165, 1.54) is 0 Å². The van der Waals surface area contributed by atoms with Gasteiger partial charge in [-0.1, -0.05) is 19.8 Å². The van der Waals surface area contributed by atoms with Gasteiger partial charge in [-0.05, 0) is 38.5 Å². The molecule has 0 heterocycles. The number of hydrogen-bond acceptors (Lipinski definition) is 2. The average molecular weight is 477 g/mol. The summed E-state index contributed by atoms with van der Waals surface area (Å²) in [6.45, 7) is 2.69. The van der Waals surface area contributed by atoms with Crippen LogP contribution in [-0.4, -0.2) is 43.0 Å². The van der Waals surface area contributed by atoms with Crippen LogP contribution in [0.5, 0.6) is 0 Å². The van der Waals surface area contributed by atoms with E-state index in [0.29, 0.717) is 25.3 Å². The molecular weight excluding hydrogens is 446 g/mol. The van der Waals surface area contributed by atoms with Crippen molar-refractivity contribution in [3.05, 3.63) is 0 Å². The van der Waals surface area contributed by atoms with Crippen LogP contribution in [0.25, 0.3) is 0 Å². The number of halogens is 4. The van der Waals surface area contributed by atoms with E-state index in [-0.39, 0.29) is 54.4 Å². The van der Waals surface area contributed by atoms with Gasteiger partial charge in [0.15, 0.2) is 5.96 Å².